The third-order valence-electron chi connectivity index (χ3n) is 3.06. The lowest BCUT2D eigenvalue weighted by Crippen LogP contribution is -2.33. The van der Waals surface area contributed by atoms with Gasteiger partial charge in [-0.05, 0) is 38.3 Å². The smallest absolute Gasteiger partial charge is 0.195 e. The number of fused-ring (bicyclic) bond motifs is 1. The Morgan fingerprint density at radius 3 is 3.00 bits per heavy atom. The fourth-order valence-electron chi connectivity index (χ4n) is 1.79. The molecule has 19 heavy (non-hydrogen) atoms. The van der Waals surface area contributed by atoms with Gasteiger partial charge in [0.25, 0.3) is 0 Å². The van der Waals surface area contributed by atoms with E-state index in [1.165, 1.54) is 0 Å². The second-order valence-electron chi connectivity index (χ2n) is 4.92. The van der Waals surface area contributed by atoms with Crippen LogP contribution in [0.1, 0.15) is 26.2 Å². The van der Waals surface area contributed by atoms with E-state index < -0.39 is 5.60 Å². The van der Waals surface area contributed by atoms with Crippen LogP contribution in [0.15, 0.2) is 29.6 Å². The van der Waals surface area contributed by atoms with Crippen molar-refractivity contribution in [3.8, 4) is 0 Å². The molecule has 0 bridgehead atoms. The average Bonchev–Trinajstić information content (AvgIpc) is 2.82. The number of thioether (sulfide) groups is 1. The maximum atomic E-state index is 9.79. The van der Waals surface area contributed by atoms with Crippen molar-refractivity contribution < 1.29 is 5.11 Å². The van der Waals surface area contributed by atoms with E-state index in [0.717, 1.165) is 35.8 Å². The molecule has 2 aromatic heterocycles. The molecule has 2 rings (SSSR count). The highest BCUT2D eigenvalue weighted by atomic mass is 32.2. The van der Waals surface area contributed by atoms with E-state index in [1.54, 1.807) is 18.7 Å². The summed E-state index contributed by atoms with van der Waals surface area (Å²) in [6.45, 7) is 2.10. The quantitative estimate of drug-likeness (QED) is 0.596. The lowest BCUT2D eigenvalue weighted by Gasteiger charge is -2.20. The summed E-state index contributed by atoms with van der Waals surface area (Å²) < 4.78 is 1.99. The van der Waals surface area contributed by atoms with Gasteiger partial charge in [0.1, 0.15) is 0 Å². The van der Waals surface area contributed by atoms with Gasteiger partial charge < -0.3 is 10.8 Å². The van der Waals surface area contributed by atoms with Crippen molar-refractivity contribution >= 4 is 17.4 Å². The third kappa shape index (κ3) is 3.92. The van der Waals surface area contributed by atoms with Crippen molar-refractivity contribution in [2.45, 2.75) is 36.9 Å². The van der Waals surface area contributed by atoms with Crippen LogP contribution in [0.4, 0.5) is 0 Å². The van der Waals surface area contributed by atoms with Crippen molar-refractivity contribution in [1.29, 1.82) is 0 Å². The van der Waals surface area contributed by atoms with Gasteiger partial charge in [-0.25, -0.2) is 0 Å². The van der Waals surface area contributed by atoms with Crippen LogP contribution >= 0.6 is 11.8 Å². The zero-order chi connectivity index (χ0) is 13.7. The first-order valence-corrected chi connectivity index (χ1v) is 7.46. The number of hydrogen-bond donors (Lipinski definition) is 2. The second kappa shape index (κ2) is 6.36. The minimum Gasteiger partial charge on any atom is -0.389 e. The zero-order valence-corrected chi connectivity index (χ0v) is 11.9. The van der Waals surface area contributed by atoms with Crippen LogP contribution in [0.25, 0.3) is 5.65 Å². The maximum absolute atomic E-state index is 9.79. The zero-order valence-electron chi connectivity index (χ0n) is 11.1. The minimum atomic E-state index is -0.730. The van der Waals surface area contributed by atoms with Gasteiger partial charge in [0.05, 0.1) is 5.60 Å². The molecule has 0 saturated carbocycles. The lowest BCUT2D eigenvalue weighted by atomic mass is 10.00. The Kier molecular flexibility index (Phi) is 4.79. The largest absolute Gasteiger partial charge is 0.389 e. The molecule has 0 aliphatic heterocycles. The number of pyridine rings is 1. The highest BCUT2D eigenvalue weighted by Gasteiger charge is 2.16. The van der Waals surface area contributed by atoms with Crippen molar-refractivity contribution in [1.82, 2.24) is 14.6 Å². The van der Waals surface area contributed by atoms with Gasteiger partial charge in [-0.1, -0.05) is 17.8 Å². The molecule has 0 spiro atoms. The van der Waals surface area contributed by atoms with Crippen molar-refractivity contribution in [3.05, 3.63) is 24.4 Å². The number of unbranched alkanes of at least 4 members (excludes halogenated alkanes) is 1. The van der Waals surface area contributed by atoms with Gasteiger partial charge in [0.2, 0.25) is 0 Å². The molecule has 0 saturated heterocycles. The number of nitrogens with zero attached hydrogens (tertiary/aromatic N) is 3. The molecular weight excluding hydrogens is 260 g/mol. The third-order valence-corrected chi connectivity index (χ3v) is 4.09. The molecule has 0 aliphatic carbocycles. The van der Waals surface area contributed by atoms with E-state index in [1.807, 2.05) is 28.8 Å². The molecular formula is C13H20N4OS. The van der Waals surface area contributed by atoms with Crippen LogP contribution in [0.5, 0.6) is 0 Å². The monoisotopic (exact) mass is 280 g/mol. The van der Waals surface area contributed by atoms with Crippen LogP contribution < -0.4 is 5.73 Å². The summed E-state index contributed by atoms with van der Waals surface area (Å²) in [6, 6.07) is 5.86. The molecule has 5 nitrogen and oxygen atoms in total. The first-order chi connectivity index (χ1) is 9.12. The summed E-state index contributed by atoms with van der Waals surface area (Å²) in [5, 5.41) is 19.0. The number of aromatic nitrogens is 3. The minimum absolute atomic E-state index is 0.314. The lowest BCUT2D eigenvalue weighted by molar-refractivity contribution is 0.0577. The van der Waals surface area contributed by atoms with Crippen LogP contribution in [0.3, 0.4) is 0 Å². The van der Waals surface area contributed by atoms with Gasteiger partial charge in [0, 0.05) is 18.5 Å². The fourth-order valence-corrected chi connectivity index (χ4v) is 2.71. The molecule has 2 heterocycles. The summed E-state index contributed by atoms with van der Waals surface area (Å²) in [5.74, 6) is 0.969. The number of aliphatic hydroxyl groups is 1. The van der Waals surface area contributed by atoms with E-state index in [0.29, 0.717) is 6.54 Å². The predicted molar refractivity (Wildman–Crippen MR) is 77.2 cm³/mol. The second-order valence-corrected chi connectivity index (χ2v) is 5.98. The van der Waals surface area contributed by atoms with Crippen molar-refractivity contribution in [2.75, 3.05) is 12.3 Å². The van der Waals surface area contributed by atoms with E-state index in [9.17, 15) is 5.11 Å². The summed E-state index contributed by atoms with van der Waals surface area (Å²) in [5.41, 5.74) is 5.63. The molecule has 0 aromatic carbocycles. The number of rotatable bonds is 7. The van der Waals surface area contributed by atoms with Gasteiger partial charge in [0.15, 0.2) is 10.8 Å². The summed E-state index contributed by atoms with van der Waals surface area (Å²) in [4.78, 5) is 0. The summed E-state index contributed by atoms with van der Waals surface area (Å²) in [6.07, 6.45) is 4.71. The van der Waals surface area contributed by atoms with Gasteiger partial charge in [-0.3, -0.25) is 4.40 Å². The van der Waals surface area contributed by atoms with E-state index in [-0.39, 0.29) is 0 Å². The Labute approximate surface area is 117 Å². The van der Waals surface area contributed by atoms with Crippen LogP contribution in [-0.4, -0.2) is 37.6 Å². The first kappa shape index (κ1) is 14.3. The van der Waals surface area contributed by atoms with Gasteiger partial charge in [-0.2, -0.15) is 0 Å². The number of hydrogen-bond acceptors (Lipinski definition) is 5. The molecule has 2 aromatic rings. The molecule has 0 aliphatic rings. The van der Waals surface area contributed by atoms with Gasteiger partial charge >= 0.3 is 0 Å². The van der Waals surface area contributed by atoms with Crippen LogP contribution in [-0.2, 0) is 0 Å². The molecule has 0 fully saturated rings. The van der Waals surface area contributed by atoms with E-state index >= 15 is 0 Å². The van der Waals surface area contributed by atoms with Crippen LogP contribution in [0.2, 0.25) is 0 Å². The molecule has 0 radical (unpaired) electrons. The predicted octanol–water partition coefficient (Wildman–Crippen LogP) is 1.70. The molecule has 3 N–H and O–H groups in total. The molecule has 0 amide bonds. The SMILES string of the molecule is CC(O)(CN)CCCCSc1nnc2ccccn12. The Hall–Kier alpha value is -1.11. The molecule has 104 valence electrons. The molecule has 1 atom stereocenters. The Morgan fingerprint density at radius 1 is 1.37 bits per heavy atom. The van der Waals surface area contributed by atoms with Gasteiger partial charge in [-0.15, -0.1) is 10.2 Å². The maximum Gasteiger partial charge on any atom is 0.195 e. The normalized spacial score (nSPS) is 14.7. The summed E-state index contributed by atoms with van der Waals surface area (Å²) in [7, 11) is 0. The van der Waals surface area contributed by atoms with E-state index in [2.05, 4.69) is 10.2 Å². The fraction of sp³-hybridized carbons (Fsp3) is 0.538. The first-order valence-electron chi connectivity index (χ1n) is 6.47. The molecule has 1 unspecified atom stereocenters. The van der Waals surface area contributed by atoms with Crippen LogP contribution in [0, 0.1) is 0 Å². The Balaban J connectivity index is 1.77. The summed E-state index contributed by atoms with van der Waals surface area (Å²) >= 11 is 1.69. The van der Waals surface area contributed by atoms with E-state index in [4.69, 9.17) is 5.73 Å². The van der Waals surface area contributed by atoms with Crippen molar-refractivity contribution in [3.63, 3.8) is 0 Å². The number of nitrogens with two attached hydrogens (primary N) is 1. The molecule has 6 heteroatoms. The Bertz CT molecular complexity index is 526. The highest BCUT2D eigenvalue weighted by molar-refractivity contribution is 7.99. The highest BCUT2D eigenvalue weighted by Crippen LogP contribution is 2.19. The topological polar surface area (TPSA) is 76.4 Å². The van der Waals surface area contributed by atoms with Crippen molar-refractivity contribution in [2.24, 2.45) is 5.73 Å². The standard InChI is InChI=1S/C13H20N4OS/c1-13(18,10-14)7-3-5-9-19-12-16-15-11-6-2-4-8-17(11)12/h2,4,6,8,18H,3,5,7,9-10,14H2,1H3. The average molecular weight is 280 g/mol. The Morgan fingerprint density at radius 2 is 2.21 bits per heavy atom.